The molecule has 4 aromatic heterocycles. The lowest BCUT2D eigenvalue weighted by atomic mass is 9.77. The zero-order valence-electron chi connectivity index (χ0n) is 72.0. The van der Waals surface area contributed by atoms with Crippen LogP contribution in [0.2, 0.25) is 0 Å². The highest BCUT2D eigenvalue weighted by Crippen LogP contribution is 2.55. The third-order valence-corrected chi connectivity index (χ3v) is 29.1. The smallest absolute Gasteiger partial charge is 0.456 e. The molecule has 1 saturated heterocycles. The molecule has 2 aliphatic carbocycles. The van der Waals surface area contributed by atoms with Crippen molar-refractivity contribution in [3.63, 3.8) is 0 Å². The van der Waals surface area contributed by atoms with Crippen LogP contribution in [0.4, 0.5) is 0 Å². The van der Waals surface area contributed by atoms with Crippen LogP contribution >= 0.6 is 15.9 Å². The first kappa shape index (κ1) is 76.1. The summed E-state index contributed by atoms with van der Waals surface area (Å²) in [6, 6.07) is 132. The molecule has 0 unspecified atom stereocenters. The number of furan rings is 4. The molecule has 0 atom stereocenters. The molecule has 128 heavy (non-hydrogen) atoms. The lowest BCUT2D eigenvalue weighted by molar-refractivity contribution is 0.00578. The van der Waals surface area contributed by atoms with E-state index in [2.05, 4.69) is 387 Å². The van der Waals surface area contributed by atoms with E-state index in [1.54, 1.807) is 0 Å². The summed E-state index contributed by atoms with van der Waals surface area (Å²) in [5.41, 5.74) is 30.1. The second kappa shape index (κ2) is 28.3. The van der Waals surface area contributed by atoms with Crippen LogP contribution in [0, 0.1) is 0 Å². The minimum absolute atomic E-state index is 0.0271. The summed E-state index contributed by atoms with van der Waals surface area (Å²) < 4.78 is 38.4. The van der Waals surface area contributed by atoms with Gasteiger partial charge in [-0.3, -0.25) is 0 Å². The second-order valence-electron chi connectivity index (χ2n) is 37.2. The maximum absolute atomic E-state index is 6.40. The van der Waals surface area contributed by atoms with Gasteiger partial charge in [0.05, 0.1) is 11.2 Å². The number of halogens is 1. The van der Waals surface area contributed by atoms with Gasteiger partial charge in [0.2, 0.25) is 0 Å². The second-order valence-corrected chi connectivity index (χ2v) is 38.2. The van der Waals surface area contributed by atoms with Gasteiger partial charge >= 0.3 is 7.12 Å². The van der Waals surface area contributed by atoms with Crippen molar-refractivity contribution in [3.8, 4) is 77.9 Å². The fourth-order valence-electron chi connectivity index (χ4n) is 21.3. The van der Waals surface area contributed by atoms with E-state index in [1.165, 1.54) is 120 Å². The van der Waals surface area contributed by atoms with Crippen molar-refractivity contribution in [2.24, 2.45) is 0 Å². The quantitative estimate of drug-likeness (QED) is 0.122. The average Bonchev–Trinajstić information content (AvgIpc) is 1.61. The molecule has 6 nitrogen and oxygen atoms in total. The van der Waals surface area contributed by atoms with Crippen LogP contribution < -0.4 is 5.46 Å². The van der Waals surface area contributed by atoms with Gasteiger partial charge in [-0.2, -0.15) is 0 Å². The normalized spacial score (nSPS) is 14.6. The van der Waals surface area contributed by atoms with Crippen molar-refractivity contribution in [2.45, 2.75) is 77.4 Å². The number of benzene rings is 20. The minimum Gasteiger partial charge on any atom is -0.456 e. The summed E-state index contributed by atoms with van der Waals surface area (Å²) in [5.74, 6) is 0. The molecule has 0 spiro atoms. The number of hydrogen-bond acceptors (Lipinski definition) is 6. The molecule has 27 rings (SSSR count). The zero-order valence-corrected chi connectivity index (χ0v) is 73.6. The van der Waals surface area contributed by atoms with Crippen LogP contribution in [-0.2, 0) is 20.1 Å². The topological polar surface area (TPSA) is 71.0 Å². The summed E-state index contributed by atoms with van der Waals surface area (Å²) in [6.45, 7) is 17.9. The summed E-state index contributed by atoms with van der Waals surface area (Å²) in [5, 5.41) is 24.5. The van der Waals surface area contributed by atoms with Crippen LogP contribution in [0.1, 0.15) is 77.6 Å². The largest absolute Gasteiger partial charge is 0.494 e. The Morgan fingerprint density at radius 1 is 0.188 bits per heavy atom. The van der Waals surface area contributed by atoms with Crippen LogP contribution in [0.25, 0.3) is 230 Å². The average molecular weight is 1710 g/mol. The minimum atomic E-state index is -0.373. The van der Waals surface area contributed by atoms with Crippen molar-refractivity contribution in [1.29, 1.82) is 0 Å². The van der Waals surface area contributed by atoms with Gasteiger partial charge in [-0.1, -0.05) is 268 Å². The Labute approximate surface area is 748 Å². The Bertz CT molecular complexity index is 8610. The third kappa shape index (κ3) is 11.9. The molecular weight excluding hydrogens is 1630 g/mol. The Hall–Kier alpha value is -14.4. The first-order chi connectivity index (χ1) is 62.3. The van der Waals surface area contributed by atoms with Crippen molar-refractivity contribution in [1.82, 2.24) is 0 Å². The van der Waals surface area contributed by atoms with Crippen molar-refractivity contribution < 1.29 is 27.0 Å². The Morgan fingerprint density at radius 3 is 0.805 bits per heavy atom. The molecule has 3 aliphatic rings. The standard InChI is InChI=1S/C57H36O2.C33H31BO2.C30H17BrO2/c1-57(2)51-16-8-5-13-42(51)48-31-46-40-12-4-3-11-39(40)45-28-33(19-22-41(45)47(46)32-52(48)57)36-25-37(34-20-23-55-49(29-34)43-14-6-9-17-53(43)58-55)27-38(26-36)35-21-24-56-50(30-35)44-15-7-10-18-54(44)59-56;1-31(2)29-14-10-9-13-24(29)28-18-26-22-12-8-7-11-21(22)25-17-20(15-16-23(25)27(26)19-30(28)31)34-35-32(3,4)33(5,6)36-34;31-22-14-20(18-9-11-29-25(16-18)23-5-1-3-7-27(23)32-29)13-21(15-22)19-10-12-30-26(17-19)24-6-2-4-8-28(24)33-30/h3-32H,1-2H3;7-19H,1-6H3;1-17H. The summed E-state index contributed by atoms with van der Waals surface area (Å²) in [7, 11) is -0.373. The number of rotatable bonds is 6. The molecule has 0 saturated carbocycles. The lowest BCUT2D eigenvalue weighted by Crippen LogP contribution is -2.41. The Balaban J connectivity index is 0.000000111. The van der Waals surface area contributed by atoms with E-state index in [9.17, 15) is 0 Å². The predicted octanol–water partition coefficient (Wildman–Crippen LogP) is 33.6. The number of para-hydroxylation sites is 4. The summed E-state index contributed by atoms with van der Waals surface area (Å²) in [4.78, 5) is 0. The lowest BCUT2D eigenvalue weighted by Gasteiger charge is -2.32. The van der Waals surface area contributed by atoms with E-state index in [1.807, 2.05) is 48.5 Å². The fourth-order valence-corrected chi connectivity index (χ4v) is 21.8. The first-order valence-electron chi connectivity index (χ1n) is 44.3. The van der Waals surface area contributed by atoms with E-state index in [0.29, 0.717) is 0 Å². The van der Waals surface area contributed by atoms with Gasteiger partial charge in [0.1, 0.15) is 44.7 Å². The monoisotopic (exact) mass is 1710 g/mol. The molecule has 20 aromatic carbocycles. The van der Waals surface area contributed by atoms with Gasteiger partial charge in [0, 0.05) is 58.4 Å². The van der Waals surface area contributed by atoms with Crippen LogP contribution in [-0.4, -0.2) is 18.3 Å². The van der Waals surface area contributed by atoms with Crippen molar-refractivity contribution in [2.75, 3.05) is 0 Å². The van der Waals surface area contributed by atoms with Gasteiger partial charge in [-0.15, -0.1) is 0 Å². The number of hydrogen-bond donors (Lipinski definition) is 0. The maximum Gasteiger partial charge on any atom is 0.494 e. The van der Waals surface area contributed by atoms with Gasteiger partial charge in [0.25, 0.3) is 0 Å². The molecule has 8 heteroatoms. The summed E-state index contributed by atoms with van der Waals surface area (Å²) in [6.07, 6.45) is 0. The molecule has 610 valence electrons. The van der Waals surface area contributed by atoms with Crippen molar-refractivity contribution in [3.05, 3.63) is 391 Å². The molecule has 0 N–H and O–H groups in total. The van der Waals surface area contributed by atoms with Crippen LogP contribution in [0.15, 0.2) is 386 Å². The molecule has 24 aromatic rings. The SMILES string of the molecule is Brc1cc(-c2ccc3oc4ccccc4c3c2)cc(-c2ccc3oc4ccccc4c3c2)c1.CC1(C)c2ccccc2-c2cc3c4ccccc4c4cc(-c5cc(-c6ccc7oc8ccccc8c7c6)cc(-c6ccc7oc8ccccc8c7c6)c5)ccc4c3cc21.CC1(C)c2ccccc2-c2cc3c4ccccc4c4cc(B5OC(C)(C)C(C)(C)O5)ccc4c3cc21. The van der Waals surface area contributed by atoms with Crippen LogP contribution in [0.3, 0.4) is 0 Å². The zero-order chi connectivity index (χ0) is 86.0. The Kier molecular flexibility index (Phi) is 16.8. The van der Waals surface area contributed by atoms with Gasteiger partial charge in [-0.25, -0.2) is 0 Å². The van der Waals surface area contributed by atoms with Crippen LogP contribution in [0.5, 0.6) is 0 Å². The van der Waals surface area contributed by atoms with E-state index in [-0.39, 0.29) is 29.2 Å². The molecule has 0 amide bonds. The molecule has 0 radical (unpaired) electrons. The van der Waals surface area contributed by atoms with E-state index < -0.39 is 0 Å². The molecular formula is C120H84BBrO6. The fraction of sp³-hybridized carbons (Fsp3) is 0.100. The molecule has 1 aliphatic heterocycles. The molecule has 5 heterocycles. The Morgan fingerprint density at radius 2 is 0.445 bits per heavy atom. The number of fused-ring (bicyclic) bond motifs is 30. The first-order valence-corrected chi connectivity index (χ1v) is 45.1. The highest BCUT2D eigenvalue weighted by Gasteiger charge is 2.52. The van der Waals surface area contributed by atoms with E-state index >= 15 is 0 Å². The third-order valence-electron chi connectivity index (χ3n) is 28.6. The van der Waals surface area contributed by atoms with E-state index in [0.717, 1.165) is 142 Å². The van der Waals surface area contributed by atoms with E-state index in [4.69, 9.17) is 27.0 Å². The highest BCUT2D eigenvalue weighted by molar-refractivity contribution is 9.10. The summed E-state index contributed by atoms with van der Waals surface area (Å²) >= 11 is 3.73. The van der Waals surface area contributed by atoms with Gasteiger partial charge in [-0.05, 0) is 337 Å². The van der Waals surface area contributed by atoms with Gasteiger partial charge in [0.15, 0.2) is 0 Å². The highest BCUT2D eigenvalue weighted by atomic mass is 79.9. The molecule has 1 fully saturated rings. The van der Waals surface area contributed by atoms with Gasteiger partial charge < -0.3 is 27.0 Å². The maximum atomic E-state index is 6.40. The van der Waals surface area contributed by atoms with Crippen molar-refractivity contribution >= 4 is 181 Å². The predicted molar refractivity (Wildman–Crippen MR) is 539 cm³/mol. The molecule has 0 bridgehead atoms.